The molecule has 0 saturated heterocycles. The molecule has 0 rings (SSSR count). The first-order valence-electron chi connectivity index (χ1n) is 4.82. The van der Waals surface area contributed by atoms with E-state index in [2.05, 4.69) is 60.5 Å². The SMILES string of the molecule is CN(C)C(=NC(C)(C)C)C(C)(C)C. The van der Waals surface area contributed by atoms with Crippen LogP contribution in [0.1, 0.15) is 41.5 Å². The maximum atomic E-state index is 4.72. The van der Waals surface area contributed by atoms with Gasteiger partial charge in [0.25, 0.3) is 0 Å². The van der Waals surface area contributed by atoms with Crippen LogP contribution in [-0.4, -0.2) is 30.4 Å². The van der Waals surface area contributed by atoms with Crippen LogP contribution >= 0.6 is 0 Å². The highest BCUT2D eigenvalue weighted by atomic mass is 15.2. The summed E-state index contributed by atoms with van der Waals surface area (Å²) in [5.74, 6) is 1.15. The van der Waals surface area contributed by atoms with E-state index in [0.717, 1.165) is 5.84 Å². The van der Waals surface area contributed by atoms with E-state index in [0.29, 0.717) is 0 Å². The molecule has 0 aromatic carbocycles. The zero-order valence-electron chi connectivity index (χ0n) is 10.4. The average Bonchev–Trinajstić information content (AvgIpc) is 1.77. The minimum absolute atomic E-state index is 0.00683. The molecular formula is C11H24N2. The second-order valence-corrected chi connectivity index (χ2v) is 5.75. The Morgan fingerprint density at radius 1 is 0.923 bits per heavy atom. The summed E-state index contributed by atoms with van der Waals surface area (Å²) in [6, 6.07) is 0. The van der Waals surface area contributed by atoms with E-state index in [9.17, 15) is 0 Å². The van der Waals surface area contributed by atoms with E-state index < -0.39 is 0 Å². The minimum atomic E-state index is 0.00683. The summed E-state index contributed by atoms with van der Waals surface area (Å²) in [4.78, 5) is 6.82. The van der Waals surface area contributed by atoms with Crippen LogP contribution in [0.5, 0.6) is 0 Å². The molecule has 0 radical (unpaired) electrons. The Bertz CT molecular complexity index is 189. The van der Waals surface area contributed by atoms with Gasteiger partial charge in [0.15, 0.2) is 0 Å². The van der Waals surface area contributed by atoms with Crippen LogP contribution in [0.15, 0.2) is 4.99 Å². The lowest BCUT2D eigenvalue weighted by Crippen LogP contribution is -2.36. The molecular weight excluding hydrogens is 160 g/mol. The number of hydrogen-bond donors (Lipinski definition) is 0. The third-order valence-corrected chi connectivity index (χ3v) is 1.54. The lowest BCUT2D eigenvalue weighted by molar-refractivity contribution is 0.455. The Morgan fingerprint density at radius 2 is 1.31 bits per heavy atom. The molecule has 2 nitrogen and oxygen atoms in total. The molecule has 0 aliphatic rings. The van der Waals surface area contributed by atoms with Gasteiger partial charge in [-0.3, -0.25) is 4.99 Å². The van der Waals surface area contributed by atoms with E-state index in [4.69, 9.17) is 4.99 Å². The predicted octanol–water partition coefficient (Wildman–Crippen LogP) is 2.79. The van der Waals surface area contributed by atoms with Gasteiger partial charge in [-0.2, -0.15) is 0 Å². The Kier molecular flexibility index (Phi) is 3.54. The van der Waals surface area contributed by atoms with E-state index in [-0.39, 0.29) is 11.0 Å². The highest BCUT2D eigenvalue weighted by Gasteiger charge is 2.23. The Morgan fingerprint density at radius 3 is 1.38 bits per heavy atom. The number of amidine groups is 1. The molecule has 0 unspecified atom stereocenters. The van der Waals surface area contributed by atoms with Crippen molar-refractivity contribution in [1.29, 1.82) is 0 Å². The van der Waals surface area contributed by atoms with Gasteiger partial charge in [0.2, 0.25) is 0 Å². The van der Waals surface area contributed by atoms with E-state index in [1.165, 1.54) is 0 Å². The molecule has 0 aromatic heterocycles. The average molecular weight is 184 g/mol. The van der Waals surface area contributed by atoms with Crippen LogP contribution in [0.25, 0.3) is 0 Å². The summed E-state index contributed by atoms with van der Waals surface area (Å²) >= 11 is 0. The van der Waals surface area contributed by atoms with Crippen LogP contribution in [0.4, 0.5) is 0 Å². The topological polar surface area (TPSA) is 15.6 Å². The molecule has 0 aliphatic heterocycles. The van der Waals surface area contributed by atoms with Gasteiger partial charge in [0.1, 0.15) is 5.84 Å². The van der Waals surface area contributed by atoms with Crippen molar-refractivity contribution in [3.8, 4) is 0 Å². The minimum Gasteiger partial charge on any atom is -0.366 e. The van der Waals surface area contributed by atoms with E-state index in [1.807, 2.05) is 0 Å². The van der Waals surface area contributed by atoms with Crippen LogP contribution < -0.4 is 0 Å². The summed E-state index contributed by atoms with van der Waals surface area (Å²) in [7, 11) is 4.10. The highest BCUT2D eigenvalue weighted by molar-refractivity contribution is 5.87. The molecule has 78 valence electrons. The molecule has 0 spiro atoms. The van der Waals surface area contributed by atoms with Crippen LogP contribution in [0, 0.1) is 5.41 Å². The van der Waals surface area contributed by atoms with Gasteiger partial charge in [0.05, 0.1) is 5.54 Å². The smallest absolute Gasteiger partial charge is 0.104 e. The summed E-state index contributed by atoms with van der Waals surface area (Å²) in [6.45, 7) is 13.0. The molecule has 0 saturated carbocycles. The fraction of sp³-hybridized carbons (Fsp3) is 0.909. The van der Waals surface area contributed by atoms with Crippen LogP contribution in [0.3, 0.4) is 0 Å². The first-order valence-corrected chi connectivity index (χ1v) is 4.82. The van der Waals surface area contributed by atoms with Crippen molar-refractivity contribution in [2.75, 3.05) is 14.1 Å². The Labute approximate surface area is 83.0 Å². The fourth-order valence-corrected chi connectivity index (χ4v) is 1.26. The van der Waals surface area contributed by atoms with Crippen molar-refractivity contribution in [1.82, 2.24) is 4.90 Å². The molecule has 2 heteroatoms. The summed E-state index contributed by atoms with van der Waals surface area (Å²) in [6.07, 6.45) is 0. The van der Waals surface area contributed by atoms with Crippen molar-refractivity contribution in [2.45, 2.75) is 47.1 Å². The lowest BCUT2D eigenvalue weighted by atomic mass is 9.93. The number of nitrogens with zero attached hydrogens (tertiary/aromatic N) is 2. The normalized spacial score (nSPS) is 14.6. The predicted molar refractivity (Wildman–Crippen MR) is 60.3 cm³/mol. The van der Waals surface area contributed by atoms with Gasteiger partial charge in [-0.05, 0) is 20.8 Å². The van der Waals surface area contributed by atoms with Gasteiger partial charge < -0.3 is 4.90 Å². The molecule has 13 heavy (non-hydrogen) atoms. The molecule has 0 aromatic rings. The first-order chi connectivity index (χ1) is 5.54. The van der Waals surface area contributed by atoms with Crippen molar-refractivity contribution in [3.05, 3.63) is 0 Å². The third kappa shape index (κ3) is 4.91. The Hall–Kier alpha value is -0.530. The number of hydrogen-bond acceptors (Lipinski definition) is 1. The summed E-state index contributed by atoms with van der Waals surface area (Å²) < 4.78 is 0. The molecule has 0 fully saturated rings. The monoisotopic (exact) mass is 184 g/mol. The number of aliphatic imine (C=N–C) groups is 1. The van der Waals surface area contributed by atoms with Crippen LogP contribution in [0.2, 0.25) is 0 Å². The van der Waals surface area contributed by atoms with Gasteiger partial charge in [-0.25, -0.2) is 0 Å². The van der Waals surface area contributed by atoms with E-state index in [1.54, 1.807) is 0 Å². The summed E-state index contributed by atoms with van der Waals surface area (Å²) in [5.41, 5.74) is 0.129. The first kappa shape index (κ1) is 12.5. The Balaban J connectivity index is 4.95. The highest BCUT2D eigenvalue weighted by Crippen LogP contribution is 2.20. The van der Waals surface area contributed by atoms with Gasteiger partial charge in [-0.1, -0.05) is 20.8 Å². The van der Waals surface area contributed by atoms with Gasteiger partial charge in [0, 0.05) is 19.5 Å². The van der Waals surface area contributed by atoms with Gasteiger partial charge >= 0.3 is 0 Å². The van der Waals surface area contributed by atoms with Crippen molar-refractivity contribution in [2.24, 2.45) is 10.4 Å². The zero-order valence-corrected chi connectivity index (χ0v) is 10.4. The quantitative estimate of drug-likeness (QED) is 0.417. The molecule has 0 N–H and O–H groups in total. The lowest BCUT2D eigenvalue weighted by Gasteiger charge is -2.30. The van der Waals surface area contributed by atoms with Gasteiger partial charge in [-0.15, -0.1) is 0 Å². The molecule has 0 amide bonds. The summed E-state index contributed by atoms with van der Waals surface area (Å²) in [5, 5.41) is 0. The second kappa shape index (κ2) is 3.69. The maximum Gasteiger partial charge on any atom is 0.104 e. The molecule has 0 bridgehead atoms. The van der Waals surface area contributed by atoms with Crippen LogP contribution in [-0.2, 0) is 0 Å². The third-order valence-electron chi connectivity index (χ3n) is 1.54. The molecule has 0 heterocycles. The molecule has 0 atom stereocenters. The second-order valence-electron chi connectivity index (χ2n) is 5.75. The maximum absolute atomic E-state index is 4.72. The van der Waals surface area contributed by atoms with E-state index >= 15 is 0 Å². The number of rotatable bonds is 0. The molecule has 0 aliphatic carbocycles. The van der Waals surface area contributed by atoms with Crippen molar-refractivity contribution < 1.29 is 0 Å². The van der Waals surface area contributed by atoms with Crippen molar-refractivity contribution in [3.63, 3.8) is 0 Å². The fourth-order valence-electron chi connectivity index (χ4n) is 1.26. The van der Waals surface area contributed by atoms with Crippen molar-refractivity contribution >= 4 is 5.84 Å². The zero-order chi connectivity index (χ0) is 10.9. The standard InChI is InChI=1S/C11H24N2/c1-10(2,3)9(13(7)8)12-11(4,5)6/h1-8H3. The largest absolute Gasteiger partial charge is 0.366 e.